The molecule has 1 aromatic heterocycles. The standard InChI is InChI=1S/C17H21N3O/c1-13-6-4-5-7-16(13)10-14(2)19-17(21)9-8-15-11-18-20(3)12-15/h4-9,11-12,14H,10H2,1-3H3,(H,19,21)/b9-8-/t14-/m0/s1. The lowest BCUT2D eigenvalue weighted by Crippen LogP contribution is -2.32. The predicted molar refractivity (Wildman–Crippen MR) is 84.7 cm³/mol. The Morgan fingerprint density at radius 3 is 2.86 bits per heavy atom. The summed E-state index contributed by atoms with van der Waals surface area (Å²) in [4.78, 5) is 11.9. The Balaban J connectivity index is 1.87. The number of amides is 1. The van der Waals surface area contributed by atoms with Gasteiger partial charge in [-0.25, -0.2) is 0 Å². The van der Waals surface area contributed by atoms with Crippen molar-refractivity contribution in [3.8, 4) is 0 Å². The second-order valence-electron chi connectivity index (χ2n) is 5.32. The van der Waals surface area contributed by atoms with Gasteiger partial charge in [0.2, 0.25) is 5.91 Å². The predicted octanol–water partition coefficient (Wildman–Crippen LogP) is 2.49. The van der Waals surface area contributed by atoms with Crippen molar-refractivity contribution in [1.29, 1.82) is 0 Å². The van der Waals surface area contributed by atoms with Crippen molar-refractivity contribution >= 4 is 12.0 Å². The van der Waals surface area contributed by atoms with Gasteiger partial charge in [0.15, 0.2) is 0 Å². The second-order valence-corrected chi connectivity index (χ2v) is 5.32. The third kappa shape index (κ3) is 4.60. The summed E-state index contributed by atoms with van der Waals surface area (Å²) in [7, 11) is 1.85. The highest BCUT2D eigenvalue weighted by atomic mass is 16.1. The molecule has 2 aromatic rings. The first-order chi connectivity index (χ1) is 10.0. The highest BCUT2D eigenvalue weighted by Crippen LogP contribution is 2.09. The summed E-state index contributed by atoms with van der Waals surface area (Å²) < 4.78 is 1.71. The van der Waals surface area contributed by atoms with Gasteiger partial charge >= 0.3 is 0 Å². The SMILES string of the molecule is Cc1ccccc1C[C@H](C)NC(=O)/C=C\c1cnn(C)c1. The van der Waals surface area contributed by atoms with Crippen LogP contribution in [0.5, 0.6) is 0 Å². The fraction of sp³-hybridized carbons (Fsp3) is 0.294. The minimum absolute atomic E-state index is 0.0834. The molecular weight excluding hydrogens is 262 g/mol. The topological polar surface area (TPSA) is 46.9 Å². The van der Waals surface area contributed by atoms with E-state index < -0.39 is 0 Å². The van der Waals surface area contributed by atoms with E-state index in [1.807, 2.05) is 32.3 Å². The van der Waals surface area contributed by atoms with Crippen LogP contribution in [0.15, 0.2) is 42.7 Å². The average molecular weight is 283 g/mol. The zero-order valence-electron chi connectivity index (χ0n) is 12.7. The van der Waals surface area contributed by atoms with E-state index in [1.54, 1.807) is 23.0 Å². The molecule has 1 heterocycles. The molecule has 4 heteroatoms. The van der Waals surface area contributed by atoms with Gasteiger partial charge in [-0.3, -0.25) is 9.48 Å². The Kier molecular flexibility index (Phi) is 4.93. The average Bonchev–Trinajstić information content (AvgIpc) is 2.85. The largest absolute Gasteiger partial charge is 0.350 e. The van der Waals surface area contributed by atoms with Crippen molar-refractivity contribution in [2.24, 2.45) is 7.05 Å². The molecule has 0 radical (unpaired) electrons. The Morgan fingerprint density at radius 2 is 2.19 bits per heavy atom. The van der Waals surface area contributed by atoms with E-state index in [1.165, 1.54) is 11.1 Å². The summed E-state index contributed by atoms with van der Waals surface area (Å²) in [6.07, 6.45) is 7.73. The molecule has 0 aliphatic rings. The van der Waals surface area contributed by atoms with E-state index in [0.717, 1.165) is 12.0 Å². The first-order valence-electron chi connectivity index (χ1n) is 7.06. The molecule has 1 N–H and O–H groups in total. The number of hydrogen-bond acceptors (Lipinski definition) is 2. The summed E-state index contributed by atoms with van der Waals surface area (Å²) in [6, 6.07) is 8.34. The number of nitrogens with one attached hydrogen (secondary N) is 1. The van der Waals surface area contributed by atoms with Gasteiger partial charge in [-0.05, 0) is 37.5 Å². The number of nitrogens with zero attached hydrogens (tertiary/aromatic N) is 2. The Hall–Kier alpha value is -2.36. The van der Waals surface area contributed by atoms with Gasteiger partial charge < -0.3 is 5.32 Å². The summed E-state index contributed by atoms with van der Waals surface area (Å²) >= 11 is 0. The van der Waals surface area contributed by atoms with Crippen LogP contribution in [0.1, 0.15) is 23.6 Å². The van der Waals surface area contributed by atoms with Crippen molar-refractivity contribution in [1.82, 2.24) is 15.1 Å². The third-order valence-electron chi connectivity index (χ3n) is 3.33. The molecule has 0 spiro atoms. The van der Waals surface area contributed by atoms with Crippen molar-refractivity contribution < 1.29 is 4.79 Å². The second kappa shape index (κ2) is 6.88. The van der Waals surface area contributed by atoms with Gasteiger partial charge in [0.25, 0.3) is 0 Å². The molecule has 2 rings (SSSR count). The molecule has 1 amide bonds. The van der Waals surface area contributed by atoms with E-state index in [2.05, 4.69) is 29.5 Å². The molecule has 0 fully saturated rings. The van der Waals surface area contributed by atoms with Crippen molar-refractivity contribution in [3.63, 3.8) is 0 Å². The maximum absolute atomic E-state index is 11.9. The van der Waals surface area contributed by atoms with Crippen molar-refractivity contribution in [2.45, 2.75) is 26.3 Å². The summed E-state index contributed by atoms with van der Waals surface area (Å²) in [5, 5.41) is 7.03. The number of carbonyl (C=O) groups excluding carboxylic acids is 1. The third-order valence-corrected chi connectivity index (χ3v) is 3.33. The first-order valence-corrected chi connectivity index (χ1v) is 7.06. The number of carbonyl (C=O) groups is 1. The highest BCUT2D eigenvalue weighted by molar-refractivity contribution is 5.91. The van der Waals surface area contributed by atoms with Crippen LogP contribution in [0.2, 0.25) is 0 Å². The number of aryl methyl sites for hydroxylation is 2. The van der Waals surface area contributed by atoms with Crippen molar-refractivity contribution in [3.05, 3.63) is 59.4 Å². The van der Waals surface area contributed by atoms with E-state index in [4.69, 9.17) is 0 Å². The number of rotatable bonds is 5. The van der Waals surface area contributed by atoms with Crippen LogP contribution in [-0.4, -0.2) is 21.7 Å². The Labute approximate surface area is 125 Å². The molecule has 0 bridgehead atoms. The van der Waals surface area contributed by atoms with E-state index in [-0.39, 0.29) is 11.9 Å². The van der Waals surface area contributed by atoms with Gasteiger partial charge in [-0.15, -0.1) is 0 Å². The normalized spacial score (nSPS) is 12.5. The van der Waals surface area contributed by atoms with Gasteiger partial charge in [0, 0.05) is 30.9 Å². The lowest BCUT2D eigenvalue weighted by Gasteiger charge is -2.14. The van der Waals surface area contributed by atoms with Crippen LogP contribution in [-0.2, 0) is 18.3 Å². The summed E-state index contributed by atoms with van der Waals surface area (Å²) in [6.45, 7) is 4.11. The monoisotopic (exact) mass is 283 g/mol. The number of hydrogen-bond donors (Lipinski definition) is 1. The fourth-order valence-corrected chi connectivity index (χ4v) is 2.21. The van der Waals surface area contributed by atoms with Crippen LogP contribution in [0.25, 0.3) is 6.08 Å². The lowest BCUT2D eigenvalue weighted by atomic mass is 10.0. The molecule has 0 unspecified atom stereocenters. The zero-order valence-corrected chi connectivity index (χ0v) is 12.7. The molecule has 0 aliphatic carbocycles. The Morgan fingerprint density at radius 1 is 1.43 bits per heavy atom. The quantitative estimate of drug-likeness (QED) is 0.857. The molecule has 1 aromatic carbocycles. The molecule has 1 atom stereocenters. The molecular formula is C17H21N3O. The lowest BCUT2D eigenvalue weighted by molar-refractivity contribution is -0.117. The van der Waals surface area contributed by atoms with Crippen molar-refractivity contribution in [2.75, 3.05) is 0 Å². The molecule has 21 heavy (non-hydrogen) atoms. The number of benzene rings is 1. The maximum Gasteiger partial charge on any atom is 0.244 e. The van der Waals surface area contributed by atoms with E-state index >= 15 is 0 Å². The minimum Gasteiger partial charge on any atom is -0.350 e. The van der Waals surface area contributed by atoms with Crippen LogP contribution in [0.3, 0.4) is 0 Å². The molecule has 0 aliphatic heterocycles. The van der Waals surface area contributed by atoms with Gasteiger partial charge in [0.1, 0.15) is 0 Å². The molecule has 0 saturated carbocycles. The van der Waals surface area contributed by atoms with E-state index in [0.29, 0.717) is 0 Å². The minimum atomic E-state index is -0.0834. The highest BCUT2D eigenvalue weighted by Gasteiger charge is 2.07. The van der Waals surface area contributed by atoms with Crippen LogP contribution in [0.4, 0.5) is 0 Å². The zero-order chi connectivity index (χ0) is 15.2. The van der Waals surface area contributed by atoms with Gasteiger partial charge in [-0.2, -0.15) is 5.10 Å². The Bertz CT molecular complexity index is 643. The van der Waals surface area contributed by atoms with Crippen LogP contribution < -0.4 is 5.32 Å². The van der Waals surface area contributed by atoms with Crippen LogP contribution >= 0.6 is 0 Å². The molecule has 110 valence electrons. The summed E-state index contributed by atoms with van der Waals surface area (Å²) in [5.41, 5.74) is 3.44. The van der Waals surface area contributed by atoms with Gasteiger partial charge in [0.05, 0.1) is 6.20 Å². The summed E-state index contributed by atoms with van der Waals surface area (Å²) in [5.74, 6) is -0.0834. The van der Waals surface area contributed by atoms with Gasteiger partial charge in [-0.1, -0.05) is 24.3 Å². The van der Waals surface area contributed by atoms with E-state index in [9.17, 15) is 4.79 Å². The number of aromatic nitrogens is 2. The molecule has 4 nitrogen and oxygen atoms in total. The van der Waals surface area contributed by atoms with Crippen LogP contribution in [0, 0.1) is 6.92 Å². The molecule has 0 saturated heterocycles. The fourth-order valence-electron chi connectivity index (χ4n) is 2.21. The smallest absolute Gasteiger partial charge is 0.244 e. The first kappa shape index (κ1) is 15.0. The maximum atomic E-state index is 11.9.